The monoisotopic (exact) mass is 359 g/mol. The molecule has 1 saturated carbocycles. The largest absolute Gasteiger partial charge is 0.497 e. The highest BCUT2D eigenvalue weighted by Gasteiger charge is 2.51. The van der Waals surface area contributed by atoms with E-state index >= 15 is 0 Å². The third-order valence-corrected chi connectivity index (χ3v) is 6.48. The number of carbonyl (C=O) groups excluding carboxylic acids is 1. The molecule has 0 spiro atoms. The third-order valence-electron chi connectivity index (χ3n) is 6.48. The molecular weight excluding hydrogens is 326 g/mol. The molecule has 144 valence electrons. The molecule has 1 aromatic rings. The molecule has 4 heteroatoms. The summed E-state index contributed by atoms with van der Waals surface area (Å²) in [5, 5.41) is 0. The van der Waals surface area contributed by atoms with E-state index in [4.69, 9.17) is 9.47 Å². The van der Waals surface area contributed by atoms with Crippen LogP contribution in [0.15, 0.2) is 24.3 Å². The predicted octanol–water partition coefficient (Wildman–Crippen LogP) is 4.24. The van der Waals surface area contributed by atoms with Gasteiger partial charge in [0.1, 0.15) is 5.75 Å². The van der Waals surface area contributed by atoms with E-state index in [1.165, 1.54) is 31.2 Å². The molecule has 1 saturated heterocycles. The Kier molecular flexibility index (Phi) is 5.91. The second kappa shape index (κ2) is 7.99. The molecule has 2 aliphatic rings. The smallest absolute Gasteiger partial charge is 0.313 e. The van der Waals surface area contributed by atoms with Gasteiger partial charge in [0, 0.05) is 25.0 Å². The molecule has 0 bridgehead atoms. The van der Waals surface area contributed by atoms with Crippen LogP contribution in [-0.2, 0) is 9.53 Å². The van der Waals surface area contributed by atoms with Gasteiger partial charge in [-0.1, -0.05) is 19.1 Å². The fraction of sp³-hybridized carbons (Fsp3) is 0.682. The third kappa shape index (κ3) is 3.75. The van der Waals surface area contributed by atoms with Gasteiger partial charge in [0.15, 0.2) is 0 Å². The van der Waals surface area contributed by atoms with Crippen molar-refractivity contribution in [2.45, 2.75) is 58.4 Å². The van der Waals surface area contributed by atoms with Crippen molar-refractivity contribution in [3.05, 3.63) is 29.8 Å². The molecule has 0 aromatic heterocycles. The Hall–Kier alpha value is -1.55. The van der Waals surface area contributed by atoms with E-state index in [0.717, 1.165) is 24.8 Å². The van der Waals surface area contributed by atoms with Gasteiger partial charge in [0.05, 0.1) is 19.1 Å². The topological polar surface area (TPSA) is 38.8 Å². The van der Waals surface area contributed by atoms with Crippen molar-refractivity contribution < 1.29 is 14.3 Å². The zero-order chi connectivity index (χ0) is 18.7. The molecule has 26 heavy (non-hydrogen) atoms. The molecule has 2 fully saturated rings. The Bertz CT molecular complexity index is 606. The van der Waals surface area contributed by atoms with Gasteiger partial charge in [0.2, 0.25) is 0 Å². The summed E-state index contributed by atoms with van der Waals surface area (Å²) in [6.45, 7) is 8.49. The number of hydrogen-bond acceptors (Lipinski definition) is 4. The van der Waals surface area contributed by atoms with Crippen LogP contribution in [0.25, 0.3) is 0 Å². The summed E-state index contributed by atoms with van der Waals surface area (Å²) in [5.41, 5.74) is 0.709. The fourth-order valence-corrected chi connectivity index (χ4v) is 4.73. The summed E-state index contributed by atoms with van der Waals surface area (Å²) in [4.78, 5) is 15.4. The van der Waals surface area contributed by atoms with Gasteiger partial charge in [-0.25, -0.2) is 0 Å². The number of ether oxygens (including phenoxy) is 2. The van der Waals surface area contributed by atoms with Gasteiger partial charge in [-0.15, -0.1) is 0 Å². The van der Waals surface area contributed by atoms with Gasteiger partial charge in [-0.3, -0.25) is 9.69 Å². The van der Waals surface area contributed by atoms with Crippen molar-refractivity contribution in [3.8, 4) is 5.75 Å². The molecule has 1 aromatic carbocycles. The lowest BCUT2D eigenvalue weighted by atomic mass is 9.76. The molecule has 0 amide bonds. The van der Waals surface area contributed by atoms with Crippen molar-refractivity contribution in [1.82, 2.24) is 4.90 Å². The molecular formula is C22H33NO3. The average molecular weight is 360 g/mol. The van der Waals surface area contributed by atoms with Crippen molar-refractivity contribution in [1.29, 1.82) is 0 Å². The molecule has 0 N–H and O–H groups in total. The minimum Gasteiger partial charge on any atom is -0.497 e. The average Bonchev–Trinajstić information content (AvgIpc) is 3.01. The van der Waals surface area contributed by atoms with Gasteiger partial charge in [-0.05, 0) is 63.1 Å². The molecule has 4 nitrogen and oxygen atoms in total. The van der Waals surface area contributed by atoms with Crippen molar-refractivity contribution in [2.75, 3.05) is 26.8 Å². The molecule has 3 rings (SSSR count). The van der Waals surface area contributed by atoms with Crippen molar-refractivity contribution in [3.63, 3.8) is 0 Å². The lowest BCUT2D eigenvalue weighted by molar-refractivity contribution is -0.154. The minimum absolute atomic E-state index is 0.0625. The Labute approximate surface area is 157 Å². The van der Waals surface area contributed by atoms with Crippen LogP contribution >= 0.6 is 0 Å². The molecule has 1 aliphatic carbocycles. The standard InChI is InChI=1S/C22H33NO3/c1-5-26-21(24)22(3)15-23(18-10-6-16(2)7-11-18)14-20(22)17-8-12-19(25-4)13-9-17/h8-9,12-13,16,18,20H,5-7,10-11,14-15H2,1-4H3/t16-,18-,20-,22+/m0/s1. The number of hydrogen-bond donors (Lipinski definition) is 0. The second-order valence-corrected chi connectivity index (χ2v) is 8.31. The number of nitrogens with zero attached hydrogens (tertiary/aromatic N) is 1. The van der Waals surface area contributed by atoms with Gasteiger partial charge >= 0.3 is 5.97 Å². The van der Waals surface area contributed by atoms with Crippen LogP contribution in [0.2, 0.25) is 0 Å². The van der Waals surface area contributed by atoms with Gasteiger partial charge < -0.3 is 9.47 Å². The Morgan fingerprint density at radius 2 is 1.85 bits per heavy atom. The normalized spacial score (nSPS) is 32.4. The van der Waals surface area contributed by atoms with E-state index in [1.54, 1.807) is 7.11 Å². The van der Waals surface area contributed by atoms with Crippen LogP contribution in [0.4, 0.5) is 0 Å². The Morgan fingerprint density at radius 3 is 2.42 bits per heavy atom. The maximum Gasteiger partial charge on any atom is 0.313 e. The zero-order valence-corrected chi connectivity index (χ0v) is 16.7. The second-order valence-electron chi connectivity index (χ2n) is 8.31. The van der Waals surface area contributed by atoms with Crippen LogP contribution in [-0.4, -0.2) is 43.7 Å². The number of likely N-dealkylation sites (tertiary alicyclic amines) is 1. The SMILES string of the molecule is CCOC(=O)[C@]1(C)CN([C@H]2CC[C@H](C)CC2)C[C@H]1c1ccc(OC)cc1. The van der Waals surface area contributed by atoms with Crippen molar-refractivity contribution in [2.24, 2.45) is 11.3 Å². The van der Waals surface area contributed by atoms with E-state index in [9.17, 15) is 4.79 Å². The van der Waals surface area contributed by atoms with E-state index in [0.29, 0.717) is 12.6 Å². The zero-order valence-electron chi connectivity index (χ0n) is 16.7. The maximum absolute atomic E-state index is 12.9. The summed E-state index contributed by atoms with van der Waals surface area (Å²) < 4.78 is 10.8. The molecule has 1 aliphatic heterocycles. The predicted molar refractivity (Wildman–Crippen MR) is 103 cm³/mol. The summed E-state index contributed by atoms with van der Waals surface area (Å²) >= 11 is 0. The van der Waals surface area contributed by atoms with E-state index in [2.05, 4.69) is 30.9 Å². The maximum atomic E-state index is 12.9. The molecule has 2 atom stereocenters. The van der Waals surface area contributed by atoms with Crippen LogP contribution < -0.4 is 4.74 Å². The number of rotatable bonds is 5. The van der Waals surface area contributed by atoms with Crippen LogP contribution in [0.5, 0.6) is 5.75 Å². The number of benzene rings is 1. The first kappa shape index (κ1) is 19.2. The van der Waals surface area contributed by atoms with Gasteiger partial charge in [0.25, 0.3) is 0 Å². The number of carbonyl (C=O) groups is 1. The first-order valence-corrected chi connectivity index (χ1v) is 10.0. The minimum atomic E-state index is -0.492. The first-order valence-electron chi connectivity index (χ1n) is 10.0. The Morgan fingerprint density at radius 1 is 1.19 bits per heavy atom. The van der Waals surface area contributed by atoms with E-state index in [-0.39, 0.29) is 11.9 Å². The number of esters is 1. The molecule has 0 unspecified atom stereocenters. The fourth-order valence-electron chi connectivity index (χ4n) is 4.73. The number of methoxy groups -OCH3 is 1. The highest BCUT2D eigenvalue weighted by Crippen LogP contribution is 2.46. The summed E-state index contributed by atoms with van der Waals surface area (Å²) in [6, 6.07) is 8.79. The van der Waals surface area contributed by atoms with E-state index < -0.39 is 5.41 Å². The van der Waals surface area contributed by atoms with Crippen LogP contribution in [0.3, 0.4) is 0 Å². The lowest BCUT2D eigenvalue weighted by Crippen LogP contribution is -2.40. The van der Waals surface area contributed by atoms with E-state index in [1.807, 2.05) is 19.1 Å². The first-order chi connectivity index (χ1) is 12.5. The highest BCUT2D eigenvalue weighted by atomic mass is 16.5. The Balaban J connectivity index is 1.84. The summed E-state index contributed by atoms with van der Waals surface area (Å²) in [7, 11) is 1.68. The summed E-state index contributed by atoms with van der Waals surface area (Å²) in [6.07, 6.45) is 5.08. The molecule has 1 heterocycles. The quantitative estimate of drug-likeness (QED) is 0.737. The highest BCUT2D eigenvalue weighted by molar-refractivity contribution is 5.79. The van der Waals surface area contributed by atoms with Crippen molar-refractivity contribution >= 4 is 5.97 Å². The lowest BCUT2D eigenvalue weighted by Gasteiger charge is -2.34. The van der Waals surface area contributed by atoms with Crippen LogP contribution in [0, 0.1) is 11.3 Å². The molecule has 0 radical (unpaired) electrons. The summed E-state index contributed by atoms with van der Waals surface area (Å²) in [5.74, 6) is 1.78. The van der Waals surface area contributed by atoms with Gasteiger partial charge in [-0.2, -0.15) is 0 Å². The van der Waals surface area contributed by atoms with Crippen LogP contribution in [0.1, 0.15) is 57.9 Å².